The van der Waals surface area contributed by atoms with Crippen LogP contribution in [-0.2, 0) is 11.2 Å². The Balaban J connectivity index is 1.95. The van der Waals surface area contributed by atoms with Crippen molar-refractivity contribution in [2.75, 3.05) is 0 Å². The second kappa shape index (κ2) is 5.60. The van der Waals surface area contributed by atoms with Crippen LogP contribution < -0.4 is 0 Å². The van der Waals surface area contributed by atoms with Crippen LogP contribution in [0.1, 0.15) is 12.5 Å². The number of nitrogens with zero attached hydrogens (tertiary/aromatic N) is 1. The zero-order chi connectivity index (χ0) is 16.9. The molecule has 0 radical (unpaired) electrons. The number of fused-ring (bicyclic) bond motifs is 2. The summed E-state index contributed by atoms with van der Waals surface area (Å²) in [5.41, 5.74) is 3.10. The van der Waals surface area contributed by atoms with E-state index in [0.29, 0.717) is 6.42 Å². The highest BCUT2D eigenvalue weighted by Gasteiger charge is 2.42. The minimum absolute atomic E-state index is 0.498. The van der Waals surface area contributed by atoms with Gasteiger partial charge in [-0.2, -0.15) is 0 Å². The minimum atomic E-state index is -0.828. The van der Waals surface area contributed by atoms with Crippen LogP contribution >= 0.6 is 27.7 Å². The van der Waals surface area contributed by atoms with Gasteiger partial charge in [-0.1, -0.05) is 46.3 Å². The summed E-state index contributed by atoms with van der Waals surface area (Å²) < 4.78 is 0.219. The predicted octanol–water partition coefficient (Wildman–Crippen LogP) is 5.16. The van der Waals surface area contributed by atoms with Gasteiger partial charge in [-0.05, 0) is 34.9 Å². The topological polar surface area (TPSA) is 50.2 Å². The summed E-state index contributed by atoms with van der Waals surface area (Å²) in [5, 5.41) is 11.8. The van der Waals surface area contributed by atoms with Crippen LogP contribution in [0.4, 0.5) is 0 Å². The molecule has 1 aliphatic heterocycles. The van der Waals surface area contributed by atoms with Crippen molar-refractivity contribution in [1.29, 1.82) is 0 Å². The van der Waals surface area contributed by atoms with E-state index in [-0.39, 0.29) is 0 Å². The summed E-state index contributed by atoms with van der Waals surface area (Å²) in [5.74, 6) is -0.782. The van der Waals surface area contributed by atoms with E-state index >= 15 is 0 Å². The first-order chi connectivity index (χ1) is 11.5. The van der Waals surface area contributed by atoms with Crippen molar-refractivity contribution in [3.05, 3.63) is 58.8 Å². The molecule has 3 aromatic rings. The molecular formula is C19H14BrNO2S. The van der Waals surface area contributed by atoms with Gasteiger partial charge in [-0.3, -0.25) is 9.78 Å². The Bertz CT molecular complexity index is 988. The van der Waals surface area contributed by atoms with Crippen LogP contribution in [0.15, 0.2) is 58.2 Å². The number of carbonyl (C=O) groups is 1. The van der Waals surface area contributed by atoms with Crippen LogP contribution in [0.2, 0.25) is 0 Å². The highest BCUT2D eigenvalue weighted by Crippen LogP contribution is 2.50. The molecular weight excluding hydrogens is 386 g/mol. The molecule has 4 rings (SSSR count). The summed E-state index contributed by atoms with van der Waals surface area (Å²) in [4.78, 5) is 17.0. The molecule has 1 aliphatic rings. The molecule has 0 fully saturated rings. The molecule has 1 atom stereocenters. The van der Waals surface area contributed by atoms with Gasteiger partial charge >= 0.3 is 5.97 Å². The quantitative estimate of drug-likeness (QED) is 0.646. The van der Waals surface area contributed by atoms with Crippen molar-refractivity contribution in [2.45, 2.75) is 23.0 Å². The first-order valence-electron chi connectivity index (χ1n) is 7.56. The molecule has 1 unspecified atom stereocenters. The van der Waals surface area contributed by atoms with E-state index in [1.165, 1.54) is 11.8 Å². The van der Waals surface area contributed by atoms with Gasteiger partial charge in [0, 0.05) is 33.7 Å². The Morgan fingerprint density at radius 2 is 1.92 bits per heavy atom. The SMILES string of the molecule is CC1(C(=O)O)Cc2cncc(-c3ccc(Br)c4ccccc34)c2S1. The summed E-state index contributed by atoms with van der Waals surface area (Å²) >= 11 is 5.03. The Labute approximate surface area is 152 Å². The van der Waals surface area contributed by atoms with Crippen molar-refractivity contribution in [2.24, 2.45) is 0 Å². The lowest BCUT2D eigenvalue weighted by Crippen LogP contribution is -2.30. The molecule has 0 aliphatic carbocycles. The van der Waals surface area contributed by atoms with Crippen LogP contribution in [0.3, 0.4) is 0 Å². The normalized spacial score (nSPS) is 19.4. The molecule has 2 aromatic carbocycles. The maximum Gasteiger partial charge on any atom is 0.320 e. The van der Waals surface area contributed by atoms with E-state index in [9.17, 15) is 9.90 Å². The second-order valence-electron chi connectivity index (χ2n) is 6.13. The first kappa shape index (κ1) is 15.7. The summed E-state index contributed by atoms with van der Waals surface area (Å²) in [6.07, 6.45) is 4.13. The van der Waals surface area contributed by atoms with Gasteiger partial charge in [0.1, 0.15) is 4.75 Å². The van der Waals surface area contributed by atoms with Gasteiger partial charge in [0.2, 0.25) is 0 Å². The monoisotopic (exact) mass is 399 g/mol. The Morgan fingerprint density at radius 3 is 2.67 bits per heavy atom. The zero-order valence-electron chi connectivity index (χ0n) is 12.9. The van der Waals surface area contributed by atoms with Crippen molar-refractivity contribution >= 4 is 44.4 Å². The van der Waals surface area contributed by atoms with E-state index in [1.54, 1.807) is 13.1 Å². The van der Waals surface area contributed by atoms with Gasteiger partial charge in [0.25, 0.3) is 0 Å². The largest absolute Gasteiger partial charge is 0.480 e. The van der Waals surface area contributed by atoms with Gasteiger partial charge in [0.15, 0.2) is 0 Å². The number of carboxylic acids is 1. The lowest BCUT2D eigenvalue weighted by Gasteiger charge is -2.16. The number of halogens is 1. The number of carboxylic acid groups (broad SMARTS) is 1. The fraction of sp³-hybridized carbons (Fsp3) is 0.158. The number of thioether (sulfide) groups is 1. The molecule has 0 saturated heterocycles. The number of aliphatic carboxylic acids is 1. The minimum Gasteiger partial charge on any atom is -0.480 e. The van der Waals surface area contributed by atoms with Crippen molar-refractivity contribution in [3.8, 4) is 11.1 Å². The number of rotatable bonds is 2. The predicted molar refractivity (Wildman–Crippen MR) is 100 cm³/mol. The molecule has 5 heteroatoms. The van der Waals surface area contributed by atoms with Crippen molar-refractivity contribution in [1.82, 2.24) is 4.98 Å². The summed E-state index contributed by atoms with van der Waals surface area (Å²) in [6, 6.07) is 12.3. The van der Waals surface area contributed by atoms with Gasteiger partial charge in [-0.25, -0.2) is 0 Å². The van der Waals surface area contributed by atoms with E-state index in [1.807, 2.05) is 24.4 Å². The van der Waals surface area contributed by atoms with Crippen molar-refractivity contribution in [3.63, 3.8) is 0 Å². The lowest BCUT2D eigenvalue weighted by molar-refractivity contribution is -0.139. The summed E-state index contributed by atoms with van der Waals surface area (Å²) in [6.45, 7) is 1.78. The van der Waals surface area contributed by atoms with Gasteiger partial charge < -0.3 is 5.11 Å². The first-order valence-corrected chi connectivity index (χ1v) is 9.17. The highest BCUT2D eigenvalue weighted by molar-refractivity contribution is 9.10. The fourth-order valence-electron chi connectivity index (χ4n) is 3.17. The number of hydrogen-bond acceptors (Lipinski definition) is 3. The van der Waals surface area contributed by atoms with Crippen LogP contribution in [0.5, 0.6) is 0 Å². The average molecular weight is 400 g/mol. The third-order valence-electron chi connectivity index (χ3n) is 4.44. The summed E-state index contributed by atoms with van der Waals surface area (Å²) in [7, 11) is 0. The smallest absolute Gasteiger partial charge is 0.320 e. The molecule has 0 bridgehead atoms. The highest BCUT2D eigenvalue weighted by atomic mass is 79.9. The maximum absolute atomic E-state index is 11.6. The molecule has 0 saturated carbocycles. The number of benzene rings is 2. The van der Waals surface area contributed by atoms with Crippen LogP contribution in [0, 0.1) is 0 Å². The van der Waals surface area contributed by atoms with Gasteiger partial charge in [-0.15, -0.1) is 11.8 Å². The fourth-order valence-corrected chi connectivity index (χ4v) is 4.94. The Morgan fingerprint density at radius 1 is 1.17 bits per heavy atom. The number of pyridine rings is 1. The number of hydrogen-bond donors (Lipinski definition) is 1. The van der Waals surface area contributed by atoms with E-state index < -0.39 is 10.7 Å². The molecule has 2 heterocycles. The molecule has 0 spiro atoms. The Hall–Kier alpha value is -1.85. The lowest BCUT2D eigenvalue weighted by atomic mass is 9.96. The molecule has 1 aromatic heterocycles. The van der Waals surface area contributed by atoms with E-state index in [0.717, 1.165) is 36.8 Å². The van der Waals surface area contributed by atoms with Gasteiger partial charge in [0.05, 0.1) is 0 Å². The molecule has 1 N–H and O–H groups in total. The standard InChI is InChI=1S/C19H14BrNO2S/c1-19(18(22)23)8-11-9-21-10-15(17(11)24-19)13-6-7-16(20)14-5-3-2-4-12(13)14/h2-7,9-10H,8H2,1H3,(H,22,23). The number of aromatic nitrogens is 1. The maximum atomic E-state index is 11.6. The molecule has 120 valence electrons. The molecule has 24 heavy (non-hydrogen) atoms. The zero-order valence-corrected chi connectivity index (χ0v) is 15.3. The second-order valence-corrected chi connectivity index (χ2v) is 8.50. The molecule has 0 amide bonds. The third-order valence-corrected chi connectivity index (χ3v) is 6.59. The van der Waals surface area contributed by atoms with E-state index in [2.05, 4.69) is 39.1 Å². The van der Waals surface area contributed by atoms with Crippen LogP contribution in [-0.4, -0.2) is 20.8 Å². The Kier molecular flexibility index (Phi) is 3.66. The average Bonchev–Trinajstić information content (AvgIpc) is 2.93. The molecule has 3 nitrogen and oxygen atoms in total. The third kappa shape index (κ3) is 2.34. The van der Waals surface area contributed by atoms with Crippen molar-refractivity contribution < 1.29 is 9.90 Å². The van der Waals surface area contributed by atoms with Crippen LogP contribution in [0.25, 0.3) is 21.9 Å². The van der Waals surface area contributed by atoms with E-state index in [4.69, 9.17) is 0 Å².